The van der Waals surface area contributed by atoms with Crippen molar-refractivity contribution in [2.24, 2.45) is 5.73 Å². The minimum atomic E-state index is -4.38. The number of nitrogens with two attached hydrogens (primary N) is 1. The summed E-state index contributed by atoms with van der Waals surface area (Å²) in [5.74, 6) is -0.826. The topological polar surface area (TPSA) is 134 Å². The van der Waals surface area contributed by atoms with E-state index in [9.17, 15) is 19.0 Å². The number of allylic oxidation sites excluding steroid dienone is 4. The largest absolute Gasteiger partial charge is 0.472 e. The van der Waals surface area contributed by atoms with Gasteiger partial charge in [-0.05, 0) is 64.2 Å². The summed E-state index contributed by atoms with van der Waals surface area (Å²) >= 11 is 0. The number of unbranched alkanes of at least 4 members (excludes halogenated alkanes) is 34. The van der Waals surface area contributed by atoms with Crippen molar-refractivity contribution in [1.82, 2.24) is 0 Å². The summed E-state index contributed by atoms with van der Waals surface area (Å²) in [6, 6.07) is 0. The minimum Gasteiger partial charge on any atom is -0.462 e. The van der Waals surface area contributed by atoms with Crippen LogP contribution in [-0.2, 0) is 32.7 Å². The number of hydrogen-bond acceptors (Lipinski definition) is 8. The lowest BCUT2D eigenvalue weighted by Crippen LogP contribution is -2.29. The number of esters is 2. The third-order valence-corrected chi connectivity index (χ3v) is 12.8. The summed E-state index contributed by atoms with van der Waals surface area (Å²) in [6.45, 7) is 3.76. The molecule has 0 aliphatic heterocycles. The van der Waals surface area contributed by atoms with E-state index in [1.807, 2.05) is 0 Å². The molecule has 0 spiro atoms. The highest BCUT2D eigenvalue weighted by Gasteiger charge is 2.26. The summed E-state index contributed by atoms with van der Waals surface area (Å²) in [6.07, 6.45) is 56.6. The number of phosphoric ester groups is 1. The fourth-order valence-corrected chi connectivity index (χ4v) is 8.57. The molecule has 0 aliphatic carbocycles. The molecule has 2 unspecified atom stereocenters. The van der Waals surface area contributed by atoms with Gasteiger partial charge in [-0.25, -0.2) is 4.57 Å². The Kier molecular flexibility index (Phi) is 48.7. The van der Waals surface area contributed by atoms with Gasteiger partial charge in [0.1, 0.15) is 6.61 Å². The Morgan fingerprint density at radius 2 is 0.778 bits per heavy atom. The van der Waals surface area contributed by atoms with E-state index < -0.39 is 26.5 Å². The van der Waals surface area contributed by atoms with E-state index in [0.29, 0.717) is 6.42 Å². The zero-order valence-corrected chi connectivity index (χ0v) is 42.2. The Morgan fingerprint density at radius 1 is 0.460 bits per heavy atom. The average molecular weight is 912 g/mol. The number of phosphoric acid groups is 1. The molecule has 10 heteroatoms. The number of carbonyl (C=O) groups is 2. The maximum Gasteiger partial charge on any atom is 0.472 e. The Morgan fingerprint density at radius 3 is 1.13 bits per heavy atom. The zero-order valence-electron chi connectivity index (χ0n) is 41.3. The average Bonchev–Trinajstić information content (AvgIpc) is 3.27. The molecule has 0 fully saturated rings. The number of ether oxygens (including phenoxy) is 2. The van der Waals surface area contributed by atoms with E-state index in [-0.39, 0.29) is 38.6 Å². The highest BCUT2D eigenvalue weighted by atomic mass is 31.2. The summed E-state index contributed by atoms with van der Waals surface area (Å²) in [7, 11) is -4.38. The van der Waals surface area contributed by atoms with Crippen molar-refractivity contribution >= 4 is 19.8 Å². The molecule has 9 nitrogen and oxygen atoms in total. The summed E-state index contributed by atoms with van der Waals surface area (Å²) in [4.78, 5) is 35.0. The fraction of sp³-hybridized carbons (Fsp3) is 0.887. The standard InChI is InChI=1S/C53H102NO8P/c1-3-5-7-9-11-13-15-17-19-20-21-22-23-24-25-26-27-28-29-30-32-34-36-38-40-42-44-46-53(56)62-51(50-61-63(57,58)60-48-47-54)49-59-52(55)45-43-41-39-37-35-33-31-18-16-14-12-10-8-6-4-2/h18,20-21,31,51H,3-17,19,22-30,32-50,54H2,1-2H3,(H,57,58)/b21-20-,31-18-. The van der Waals surface area contributed by atoms with E-state index in [2.05, 4.69) is 38.2 Å². The van der Waals surface area contributed by atoms with Gasteiger partial charge in [-0.2, -0.15) is 0 Å². The van der Waals surface area contributed by atoms with E-state index >= 15 is 0 Å². The quantitative estimate of drug-likeness (QED) is 0.0265. The van der Waals surface area contributed by atoms with Gasteiger partial charge in [-0.1, -0.05) is 218 Å². The van der Waals surface area contributed by atoms with Gasteiger partial charge in [0.25, 0.3) is 0 Å². The molecule has 0 heterocycles. The second-order valence-corrected chi connectivity index (χ2v) is 19.5. The molecule has 0 aromatic carbocycles. The second kappa shape index (κ2) is 49.9. The van der Waals surface area contributed by atoms with Crippen LogP contribution in [0, 0.1) is 0 Å². The zero-order chi connectivity index (χ0) is 46.0. The SMILES string of the molecule is CCCCCCCC/C=C\CCCCCCCC(=O)OCC(COP(=O)(O)OCCN)OC(=O)CCCCCCCCCCCCCCCCC/C=C\CCCCCCCCCC. The van der Waals surface area contributed by atoms with Crippen LogP contribution >= 0.6 is 7.82 Å². The third-order valence-electron chi connectivity index (χ3n) is 11.8. The monoisotopic (exact) mass is 912 g/mol. The first-order valence-electron chi connectivity index (χ1n) is 26.8. The fourth-order valence-electron chi connectivity index (χ4n) is 7.80. The Balaban J connectivity index is 3.94. The van der Waals surface area contributed by atoms with Gasteiger partial charge in [-0.15, -0.1) is 0 Å². The van der Waals surface area contributed by atoms with Crippen LogP contribution in [0.15, 0.2) is 24.3 Å². The minimum absolute atomic E-state index is 0.0542. The van der Waals surface area contributed by atoms with Crippen LogP contribution in [0.5, 0.6) is 0 Å². The van der Waals surface area contributed by atoms with Gasteiger partial charge in [0.05, 0.1) is 13.2 Å². The van der Waals surface area contributed by atoms with Crippen LogP contribution in [0.2, 0.25) is 0 Å². The molecule has 0 saturated heterocycles. The number of hydrogen-bond donors (Lipinski definition) is 2. The van der Waals surface area contributed by atoms with Crippen molar-refractivity contribution in [3.05, 3.63) is 24.3 Å². The molecule has 0 aromatic heterocycles. The Labute approximate surface area is 389 Å². The summed E-state index contributed by atoms with van der Waals surface area (Å²) < 4.78 is 32.9. The van der Waals surface area contributed by atoms with Gasteiger partial charge in [0.2, 0.25) is 0 Å². The first-order valence-corrected chi connectivity index (χ1v) is 28.3. The van der Waals surface area contributed by atoms with E-state index in [0.717, 1.165) is 51.4 Å². The lowest BCUT2D eigenvalue weighted by atomic mass is 10.0. The Hall–Kier alpha value is -1.51. The lowest BCUT2D eigenvalue weighted by molar-refractivity contribution is -0.161. The molecular weight excluding hydrogens is 810 g/mol. The molecule has 0 amide bonds. The van der Waals surface area contributed by atoms with Crippen molar-refractivity contribution < 1.29 is 37.6 Å². The molecule has 372 valence electrons. The molecule has 2 atom stereocenters. The Bertz CT molecular complexity index is 1090. The van der Waals surface area contributed by atoms with Crippen molar-refractivity contribution in [3.8, 4) is 0 Å². The molecule has 0 rings (SSSR count). The first-order chi connectivity index (χ1) is 30.8. The predicted molar refractivity (Wildman–Crippen MR) is 266 cm³/mol. The molecule has 3 N–H and O–H groups in total. The molecule has 0 saturated carbocycles. The van der Waals surface area contributed by atoms with Crippen molar-refractivity contribution in [1.29, 1.82) is 0 Å². The molecule has 63 heavy (non-hydrogen) atoms. The van der Waals surface area contributed by atoms with E-state index in [4.69, 9.17) is 24.3 Å². The van der Waals surface area contributed by atoms with E-state index in [1.54, 1.807) is 0 Å². The molecule has 0 aliphatic rings. The number of rotatable bonds is 51. The maximum absolute atomic E-state index is 12.7. The summed E-state index contributed by atoms with van der Waals surface area (Å²) in [5.41, 5.74) is 5.37. The summed E-state index contributed by atoms with van der Waals surface area (Å²) in [5, 5.41) is 0. The molecule has 0 bridgehead atoms. The van der Waals surface area contributed by atoms with Crippen LogP contribution in [0.3, 0.4) is 0 Å². The van der Waals surface area contributed by atoms with Crippen molar-refractivity contribution in [2.45, 2.75) is 277 Å². The second-order valence-electron chi connectivity index (χ2n) is 18.1. The van der Waals surface area contributed by atoms with Crippen molar-refractivity contribution in [3.63, 3.8) is 0 Å². The van der Waals surface area contributed by atoms with Crippen LogP contribution < -0.4 is 5.73 Å². The van der Waals surface area contributed by atoms with Crippen molar-refractivity contribution in [2.75, 3.05) is 26.4 Å². The molecule has 0 radical (unpaired) electrons. The number of carbonyl (C=O) groups excluding carboxylic acids is 2. The van der Waals surface area contributed by atoms with Crippen LogP contribution in [-0.4, -0.2) is 49.3 Å². The highest BCUT2D eigenvalue weighted by molar-refractivity contribution is 7.47. The third kappa shape index (κ3) is 49.8. The molecular formula is C53H102NO8P. The normalized spacial score (nSPS) is 13.3. The predicted octanol–water partition coefficient (Wildman–Crippen LogP) is 16.3. The first kappa shape index (κ1) is 61.5. The van der Waals surface area contributed by atoms with Crippen LogP contribution in [0.25, 0.3) is 0 Å². The van der Waals surface area contributed by atoms with Gasteiger partial charge >= 0.3 is 19.8 Å². The smallest absolute Gasteiger partial charge is 0.462 e. The van der Waals surface area contributed by atoms with Crippen LogP contribution in [0.4, 0.5) is 0 Å². The highest BCUT2D eigenvalue weighted by Crippen LogP contribution is 2.43. The van der Waals surface area contributed by atoms with Gasteiger partial charge in [-0.3, -0.25) is 18.6 Å². The maximum atomic E-state index is 12.7. The molecule has 0 aromatic rings. The van der Waals surface area contributed by atoms with Gasteiger partial charge in [0.15, 0.2) is 6.10 Å². The van der Waals surface area contributed by atoms with Gasteiger partial charge < -0.3 is 20.1 Å². The van der Waals surface area contributed by atoms with Gasteiger partial charge in [0, 0.05) is 19.4 Å². The lowest BCUT2D eigenvalue weighted by Gasteiger charge is -2.19. The van der Waals surface area contributed by atoms with E-state index in [1.165, 1.54) is 186 Å². The van der Waals surface area contributed by atoms with Crippen LogP contribution in [0.1, 0.15) is 271 Å².